The maximum atomic E-state index is 10.6. The molecule has 6 heteroatoms. The molecule has 2 aromatic rings. The second-order valence-electron chi connectivity index (χ2n) is 6.39. The van der Waals surface area contributed by atoms with Crippen molar-refractivity contribution in [3.8, 4) is 17.2 Å². The predicted octanol–water partition coefficient (Wildman–Crippen LogP) is 3.76. The van der Waals surface area contributed by atoms with Crippen LogP contribution in [0.3, 0.4) is 0 Å². The minimum atomic E-state index is 0.201. The highest BCUT2D eigenvalue weighted by atomic mass is 79.9. The number of halogens is 1. The van der Waals surface area contributed by atoms with Crippen molar-refractivity contribution in [1.29, 1.82) is 0 Å². The molecule has 0 amide bonds. The van der Waals surface area contributed by atoms with Crippen LogP contribution in [0.15, 0.2) is 28.7 Å². The van der Waals surface area contributed by atoms with E-state index in [0.29, 0.717) is 12.3 Å². The fourth-order valence-electron chi connectivity index (χ4n) is 4.02. The second kappa shape index (κ2) is 6.52. The Balaban J connectivity index is 1.81. The molecule has 2 aliphatic heterocycles. The van der Waals surface area contributed by atoms with Crippen LogP contribution in [-0.4, -0.2) is 30.8 Å². The number of aromatic hydroxyl groups is 1. The molecule has 5 nitrogen and oxygen atoms in total. The first kappa shape index (κ1) is 16.7. The Morgan fingerprint density at radius 3 is 2.80 bits per heavy atom. The van der Waals surface area contributed by atoms with Gasteiger partial charge in [-0.05, 0) is 36.1 Å². The average molecular weight is 406 g/mol. The Kier molecular flexibility index (Phi) is 4.35. The Bertz CT molecular complexity index is 824. The van der Waals surface area contributed by atoms with Crippen molar-refractivity contribution in [3.63, 3.8) is 0 Å². The van der Waals surface area contributed by atoms with E-state index in [1.807, 2.05) is 18.2 Å². The van der Waals surface area contributed by atoms with Crippen LogP contribution in [0.1, 0.15) is 28.3 Å². The molecule has 0 bridgehead atoms. The average Bonchev–Trinajstić information content (AvgIpc) is 2.63. The molecule has 25 heavy (non-hydrogen) atoms. The van der Waals surface area contributed by atoms with Gasteiger partial charge in [-0.2, -0.15) is 4.89 Å². The zero-order valence-electron chi connectivity index (χ0n) is 14.2. The summed E-state index contributed by atoms with van der Waals surface area (Å²) >= 11 is 3.65. The minimum Gasteiger partial charge on any atom is -0.504 e. The molecular weight excluding hydrogens is 386 g/mol. The lowest BCUT2D eigenvalue weighted by molar-refractivity contribution is -0.179. The third-order valence-corrected chi connectivity index (χ3v) is 5.89. The Labute approximate surface area is 155 Å². The molecular formula is C19H20BrNO4. The first-order valence-electron chi connectivity index (χ1n) is 8.27. The molecule has 1 atom stereocenters. The number of fused-ring (bicyclic) bond motifs is 4. The fourth-order valence-corrected chi connectivity index (χ4v) is 4.63. The standard InChI is InChI=1S/C19H20BrNO4/c1-23-17-9-14(20)12-8-15-18-11(4-3-5-16(18)25-24-2)6-7-21(15)10-13(12)19(17)22/h3-5,9,15,22H,6-8,10H2,1-2H3. The van der Waals surface area contributed by atoms with E-state index in [1.165, 1.54) is 18.2 Å². The van der Waals surface area contributed by atoms with E-state index >= 15 is 0 Å². The summed E-state index contributed by atoms with van der Waals surface area (Å²) in [4.78, 5) is 12.7. The van der Waals surface area contributed by atoms with Gasteiger partial charge in [0.15, 0.2) is 17.2 Å². The van der Waals surface area contributed by atoms with Gasteiger partial charge in [-0.3, -0.25) is 4.90 Å². The van der Waals surface area contributed by atoms with Crippen LogP contribution in [0, 0.1) is 0 Å². The van der Waals surface area contributed by atoms with E-state index in [9.17, 15) is 5.11 Å². The summed E-state index contributed by atoms with van der Waals surface area (Å²) in [6.45, 7) is 1.63. The second-order valence-corrected chi connectivity index (χ2v) is 7.24. The predicted molar refractivity (Wildman–Crippen MR) is 97.0 cm³/mol. The molecule has 0 aliphatic carbocycles. The van der Waals surface area contributed by atoms with Gasteiger partial charge in [0.05, 0.1) is 14.2 Å². The molecule has 0 saturated carbocycles. The molecule has 0 spiro atoms. The maximum absolute atomic E-state index is 10.6. The summed E-state index contributed by atoms with van der Waals surface area (Å²) in [7, 11) is 3.10. The maximum Gasteiger partial charge on any atom is 0.170 e. The molecule has 0 aromatic heterocycles. The normalized spacial score (nSPS) is 18.9. The number of nitrogens with zero attached hydrogens (tertiary/aromatic N) is 1. The summed E-state index contributed by atoms with van der Waals surface area (Å²) in [6, 6.07) is 8.15. The highest BCUT2D eigenvalue weighted by molar-refractivity contribution is 9.10. The molecule has 1 unspecified atom stereocenters. The topological polar surface area (TPSA) is 51.2 Å². The number of phenols is 1. The number of ether oxygens (including phenoxy) is 1. The van der Waals surface area contributed by atoms with Crippen molar-refractivity contribution in [3.05, 3.63) is 51.0 Å². The summed E-state index contributed by atoms with van der Waals surface area (Å²) in [5, 5.41) is 10.6. The van der Waals surface area contributed by atoms with Crippen LogP contribution in [-0.2, 0) is 24.3 Å². The lowest BCUT2D eigenvalue weighted by atomic mass is 9.83. The Morgan fingerprint density at radius 1 is 1.20 bits per heavy atom. The van der Waals surface area contributed by atoms with Crippen molar-refractivity contribution in [2.75, 3.05) is 20.8 Å². The van der Waals surface area contributed by atoms with Crippen LogP contribution < -0.4 is 9.62 Å². The Hall–Kier alpha value is -1.76. The number of rotatable bonds is 3. The fraction of sp³-hybridized carbons (Fsp3) is 0.368. The van der Waals surface area contributed by atoms with E-state index in [4.69, 9.17) is 14.5 Å². The zero-order chi connectivity index (χ0) is 17.6. The summed E-state index contributed by atoms with van der Waals surface area (Å²) in [5.74, 6) is 1.52. The molecule has 0 fully saturated rings. The van der Waals surface area contributed by atoms with Gasteiger partial charge < -0.3 is 14.7 Å². The van der Waals surface area contributed by atoms with E-state index in [0.717, 1.165) is 40.7 Å². The third-order valence-electron chi connectivity index (χ3n) is 5.18. The highest BCUT2D eigenvalue weighted by Gasteiger charge is 2.36. The third kappa shape index (κ3) is 2.69. The van der Waals surface area contributed by atoms with Crippen LogP contribution in [0.2, 0.25) is 0 Å². The van der Waals surface area contributed by atoms with Crippen molar-refractivity contribution in [1.82, 2.24) is 4.90 Å². The quantitative estimate of drug-likeness (QED) is 0.622. The van der Waals surface area contributed by atoms with E-state index in [-0.39, 0.29) is 11.8 Å². The molecule has 2 heterocycles. The number of hydrogen-bond acceptors (Lipinski definition) is 5. The number of methoxy groups -OCH3 is 1. The molecule has 132 valence electrons. The zero-order valence-corrected chi connectivity index (χ0v) is 15.8. The first-order valence-corrected chi connectivity index (χ1v) is 9.07. The lowest BCUT2D eigenvalue weighted by Crippen LogP contribution is -2.39. The highest BCUT2D eigenvalue weighted by Crippen LogP contribution is 2.47. The van der Waals surface area contributed by atoms with Gasteiger partial charge in [0.1, 0.15) is 0 Å². The van der Waals surface area contributed by atoms with Gasteiger partial charge in [-0.15, -0.1) is 0 Å². The summed E-state index contributed by atoms with van der Waals surface area (Å²) < 4.78 is 6.27. The van der Waals surface area contributed by atoms with Crippen molar-refractivity contribution < 1.29 is 19.6 Å². The largest absolute Gasteiger partial charge is 0.504 e. The van der Waals surface area contributed by atoms with Crippen LogP contribution >= 0.6 is 15.9 Å². The monoisotopic (exact) mass is 405 g/mol. The van der Waals surface area contributed by atoms with Crippen molar-refractivity contribution >= 4 is 15.9 Å². The summed E-state index contributed by atoms with van der Waals surface area (Å²) in [5.41, 5.74) is 4.55. The molecule has 0 saturated heterocycles. The molecule has 4 rings (SSSR count). The SMILES string of the molecule is COOc1cccc2c1C1Cc3c(Br)cc(OC)c(O)c3CN1CC2. The van der Waals surface area contributed by atoms with Crippen molar-refractivity contribution in [2.24, 2.45) is 0 Å². The molecule has 0 radical (unpaired) electrons. The van der Waals surface area contributed by atoms with Gasteiger partial charge in [0, 0.05) is 34.7 Å². The number of hydrogen-bond donors (Lipinski definition) is 1. The number of phenolic OH excluding ortho intramolecular Hbond substituents is 1. The van der Waals surface area contributed by atoms with E-state index in [2.05, 4.69) is 26.9 Å². The van der Waals surface area contributed by atoms with Crippen LogP contribution in [0.4, 0.5) is 0 Å². The first-order chi connectivity index (χ1) is 12.1. The lowest BCUT2D eigenvalue weighted by Gasteiger charge is -2.42. The Morgan fingerprint density at radius 2 is 2.04 bits per heavy atom. The number of benzene rings is 2. The van der Waals surface area contributed by atoms with E-state index < -0.39 is 0 Å². The van der Waals surface area contributed by atoms with E-state index in [1.54, 1.807) is 7.11 Å². The van der Waals surface area contributed by atoms with Gasteiger partial charge >= 0.3 is 0 Å². The molecule has 1 N–H and O–H groups in total. The summed E-state index contributed by atoms with van der Waals surface area (Å²) in [6.07, 6.45) is 1.75. The smallest absolute Gasteiger partial charge is 0.170 e. The van der Waals surface area contributed by atoms with Gasteiger partial charge in [0.2, 0.25) is 0 Å². The van der Waals surface area contributed by atoms with Crippen molar-refractivity contribution in [2.45, 2.75) is 25.4 Å². The molecule has 2 aliphatic rings. The van der Waals surface area contributed by atoms with Gasteiger partial charge in [0.25, 0.3) is 0 Å². The van der Waals surface area contributed by atoms with Crippen LogP contribution in [0.5, 0.6) is 17.2 Å². The van der Waals surface area contributed by atoms with Crippen LogP contribution in [0.25, 0.3) is 0 Å². The molecule has 2 aromatic carbocycles. The van der Waals surface area contributed by atoms with Gasteiger partial charge in [-0.25, -0.2) is 0 Å². The minimum absolute atomic E-state index is 0.201. The van der Waals surface area contributed by atoms with Gasteiger partial charge in [-0.1, -0.05) is 28.1 Å².